The van der Waals surface area contributed by atoms with E-state index in [9.17, 15) is 0 Å². The summed E-state index contributed by atoms with van der Waals surface area (Å²) >= 11 is 2.23. The quantitative estimate of drug-likeness (QED) is 0.687. The number of hydrogen-bond donors (Lipinski definition) is 0. The van der Waals surface area contributed by atoms with E-state index in [1.807, 2.05) is 13.1 Å². The summed E-state index contributed by atoms with van der Waals surface area (Å²) in [6.45, 7) is 1.94. The van der Waals surface area contributed by atoms with Gasteiger partial charge in [-0.2, -0.15) is 10.2 Å². The Bertz CT molecular complexity index is 428. The van der Waals surface area contributed by atoms with Crippen molar-refractivity contribution in [3.63, 3.8) is 0 Å². The van der Waals surface area contributed by atoms with Crippen LogP contribution in [0.3, 0.4) is 0 Å². The minimum absolute atomic E-state index is 0.905. The van der Waals surface area contributed by atoms with Crippen LogP contribution in [0.5, 0.6) is 0 Å². The maximum atomic E-state index is 4.23. The molecule has 0 fully saturated rings. The normalized spacial score (nSPS) is 10.5. The lowest BCUT2D eigenvalue weighted by Gasteiger charge is -1.98. The van der Waals surface area contributed by atoms with E-state index >= 15 is 0 Å². The van der Waals surface area contributed by atoms with Gasteiger partial charge in [0.15, 0.2) is 0 Å². The monoisotopic (exact) mass is 271 g/mol. The Morgan fingerprint density at radius 3 is 3.00 bits per heavy atom. The van der Waals surface area contributed by atoms with E-state index in [2.05, 4.69) is 43.8 Å². The van der Waals surface area contributed by atoms with Gasteiger partial charge in [-0.3, -0.25) is 4.98 Å². The molecule has 2 heterocycles. The molecule has 2 rings (SSSR count). The standard InChI is InChI=1S/C8H6IN3/c1-5-7-2-6(9)3-10-8(7)4-11-12-5/h2-4H,1H3. The third-order valence-electron chi connectivity index (χ3n) is 1.66. The van der Waals surface area contributed by atoms with Crippen LogP contribution in [0.1, 0.15) is 5.69 Å². The fourth-order valence-corrected chi connectivity index (χ4v) is 1.52. The highest BCUT2D eigenvalue weighted by Gasteiger charge is 1.99. The SMILES string of the molecule is Cc1nncc2ncc(I)cc12. The molecule has 0 N–H and O–H groups in total. The molecule has 0 aromatic carbocycles. The van der Waals surface area contributed by atoms with E-state index in [0.717, 1.165) is 20.2 Å². The Hall–Kier alpha value is -0.780. The summed E-state index contributed by atoms with van der Waals surface area (Å²) in [6.07, 6.45) is 3.50. The third kappa shape index (κ3) is 1.26. The minimum Gasteiger partial charge on any atom is -0.253 e. The molecular formula is C8H6IN3. The molecule has 0 amide bonds. The molecule has 2 aromatic rings. The number of aromatic nitrogens is 3. The molecule has 60 valence electrons. The maximum absolute atomic E-state index is 4.23. The number of nitrogens with zero attached hydrogens (tertiary/aromatic N) is 3. The first kappa shape index (κ1) is 7.85. The topological polar surface area (TPSA) is 38.7 Å². The fourth-order valence-electron chi connectivity index (χ4n) is 1.07. The van der Waals surface area contributed by atoms with Crippen LogP contribution < -0.4 is 0 Å². The first-order valence-corrected chi connectivity index (χ1v) is 4.59. The molecule has 0 spiro atoms. The summed E-state index contributed by atoms with van der Waals surface area (Å²) in [5, 5.41) is 8.86. The van der Waals surface area contributed by atoms with E-state index in [-0.39, 0.29) is 0 Å². The van der Waals surface area contributed by atoms with Crippen LogP contribution in [-0.2, 0) is 0 Å². The number of fused-ring (bicyclic) bond motifs is 1. The summed E-state index contributed by atoms with van der Waals surface area (Å²) in [4.78, 5) is 4.23. The molecule has 4 heteroatoms. The zero-order valence-corrected chi connectivity index (χ0v) is 8.61. The lowest BCUT2D eigenvalue weighted by molar-refractivity contribution is 0.996. The summed E-state index contributed by atoms with van der Waals surface area (Å²) < 4.78 is 1.12. The molecule has 0 aliphatic heterocycles. The zero-order chi connectivity index (χ0) is 8.55. The molecule has 0 atom stereocenters. The van der Waals surface area contributed by atoms with Gasteiger partial charge in [-0.15, -0.1) is 0 Å². The van der Waals surface area contributed by atoms with Crippen LogP contribution in [-0.4, -0.2) is 15.2 Å². The van der Waals surface area contributed by atoms with Crippen molar-refractivity contribution in [1.29, 1.82) is 0 Å². The molecule has 0 bridgehead atoms. The van der Waals surface area contributed by atoms with Crippen molar-refractivity contribution in [3.05, 3.63) is 27.7 Å². The molecule has 3 nitrogen and oxygen atoms in total. The summed E-state index contributed by atoms with van der Waals surface area (Å²) in [6, 6.07) is 2.06. The maximum Gasteiger partial charge on any atom is 0.0923 e. The van der Waals surface area contributed by atoms with Gasteiger partial charge in [-0.05, 0) is 35.6 Å². The van der Waals surface area contributed by atoms with E-state index < -0.39 is 0 Å². The third-order valence-corrected chi connectivity index (χ3v) is 2.25. The lowest BCUT2D eigenvalue weighted by atomic mass is 10.2. The van der Waals surface area contributed by atoms with Crippen molar-refractivity contribution < 1.29 is 0 Å². The molecule has 12 heavy (non-hydrogen) atoms. The number of rotatable bonds is 0. The van der Waals surface area contributed by atoms with Crippen LogP contribution in [0.2, 0.25) is 0 Å². The van der Waals surface area contributed by atoms with Crippen LogP contribution in [0.4, 0.5) is 0 Å². The van der Waals surface area contributed by atoms with Gasteiger partial charge in [0.2, 0.25) is 0 Å². The van der Waals surface area contributed by atoms with Crippen LogP contribution >= 0.6 is 22.6 Å². The van der Waals surface area contributed by atoms with Gasteiger partial charge < -0.3 is 0 Å². The van der Waals surface area contributed by atoms with Gasteiger partial charge in [0, 0.05) is 15.2 Å². The van der Waals surface area contributed by atoms with E-state index in [4.69, 9.17) is 0 Å². The molecule has 0 aliphatic rings. The Labute approximate surface area is 83.4 Å². The zero-order valence-electron chi connectivity index (χ0n) is 6.45. The number of aryl methyl sites for hydroxylation is 1. The van der Waals surface area contributed by atoms with Gasteiger partial charge in [0.25, 0.3) is 0 Å². The molecule has 0 saturated heterocycles. The highest BCUT2D eigenvalue weighted by molar-refractivity contribution is 14.1. The summed E-state index contributed by atoms with van der Waals surface area (Å²) in [7, 11) is 0. The Balaban J connectivity index is 2.88. The summed E-state index contributed by atoms with van der Waals surface area (Å²) in [5.74, 6) is 0. The molecule has 0 radical (unpaired) electrons. The van der Waals surface area contributed by atoms with Crippen LogP contribution in [0, 0.1) is 10.5 Å². The highest BCUT2D eigenvalue weighted by atomic mass is 127. The average Bonchev–Trinajstić information content (AvgIpc) is 2.07. The van der Waals surface area contributed by atoms with Crippen molar-refractivity contribution in [2.75, 3.05) is 0 Å². The van der Waals surface area contributed by atoms with Crippen molar-refractivity contribution in [2.24, 2.45) is 0 Å². The molecule has 2 aromatic heterocycles. The van der Waals surface area contributed by atoms with Crippen LogP contribution in [0.15, 0.2) is 18.5 Å². The second-order valence-electron chi connectivity index (χ2n) is 2.52. The van der Waals surface area contributed by atoms with Crippen molar-refractivity contribution >= 4 is 33.5 Å². The Kier molecular flexibility index (Phi) is 1.92. The second kappa shape index (κ2) is 2.93. The fraction of sp³-hybridized carbons (Fsp3) is 0.125. The van der Waals surface area contributed by atoms with Gasteiger partial charge in [-0.25, -0.2) is 0 Å². The number of halogens is 1. The van der Waals surface area contributed by atoms with E-state index in [0.29, 0.717) is 0 Å². The van der Waals surface area contributed by atoms with Crippen molar-refractivity contribution in [3.8, 4) is 0 Å². The average molecular weight is 271 g/mol. The summed E-state index contributed by atoms with van der Waals surface area (Å²) in [5.41, 5.74) is 1.83. The second-order valence-corrected chi connectivity index (χ2v) is 3.76. The van der Waals surface area contributed by atoms with E-state index in [1.54, 1.807) is 6.20 Å². The van der Waals surface area contributed by atoms with E-state index in [1.165, 1.54) is 0 Å². The first-order chi connectivity index (χ1) is 5.77. The molecule has 0 unspecified atom stereocenters. The largest absolute Gasteiger partial charge is 0.253 e. The smallest absolute Gasteiger partial charge is 0.0923 e. The van der Waals surface area contributed by atoms with Gasteiger partial charge >= 0.3 is 0 Å². The minimum atomic E-state index is 0.905. The number of hydrogen-bond acceptors (Lipinski definition) is 3. The molecular weight excluding hydrogens is 265 g/mol. The Morgan fingerprint density at radius 1 is 1.33 bits per heavy atom. The lowest BCUT2D eigenvalue weighted by Crippen LogP contribution is -1.90. The molecule has 0 aliphatic carbocycles. The predicted molar refractivity (Wildman–Crippen MR) is 54.8 cm³/mol. The van der Waals surface area contributed by atoms with Crippen molar-refractivity contribution in [1.82, 2.24) is 15.2 Å². The van der Waals surface area contributed by atoms with Crippen molar-refractivity contribution in [2.45, 2.75) is 6.92 Å². The van der Waals surface area contributed by atoms with Gasteiger partial charge in [-0.1, -0.05) is 0 Å². The first-order valence-electron chi connectivity index (χ1n) is 3.51. The van der Waals surface area contributed by atoms with Crippen LogP contribution in [0.25, 0.3) is 10.9 Å². The molecule has 0 saturated carbocycles. The Morgan fingerprint density at radius 2 is 2.17 bits per heavy atom. The highest BCUT2D eigenvalue weighted by Crippen LogP contribution is 2.15. The number of pyridine rings is 1. The van der Waals surface area contributed by atoms with Gasteiger partial charge in [0.1, 0.15) is 0 Å². The van der Waals surface area contributed by atoms with Gasteiger partial charge in [0.05, 0.1) is 17.4 Å². The predicted octanol–water partition coefficient (Wildman–Crippen LogP) is 1.94.